The van der Waals surface area contributed by atoms with Gasteiger partial charge in [-0.1, -0.05) is 13.5 Å². The van der Waals surface area contributed by atoms with Gasteiger partial charge >= 0.3 is 0 Å². The molecule has 0 aromatic rings. The lowest BCUT2D eigenvalue weighted by Gasteiger charge is -2.03. The van der Waals surface area contributed by atoms with E-state index < -0.39 is 0 Å². The maximum atomic E-state index is 4.16. The van der Waals surface area contributed by atoms with Crippen molar-refractivity contribution in [2.75, 3.05) is 19.6 Å². The fourth-order valence-electron chi connectivity index (χ4n) is 0.712. The first kappa shape index (κ1) is 9.50. The minimum Gasteiger partial charge on any atom is -0.317 e. The van der Waals surface area contributed by atoms with E-state index in [1.807, 2.05) is 6.92 Å². The van der Waals surface area contributed by atoms with Crippen molar-refractivity contribution in [3.05, 3.63) is 12.3 Å². The van der Waals surface area contributed by atoms with E-state index in [0.29, 0.717) is 0 Å². The first-order chi connectivity index (χ1) is 4.81. The Morgan fingerprint density at radius 2 is 2.20 bits per heavy atom. The van der Waals surface area contributed by atoms with Gasteiger partial charge in [0, 0.05) is 25.2 Å². The highest BCUT2D eigenvalue weighted by Crippen LogP contribution is 1.91. The summed E-state index contributed by atoms with van der Waals surface area (Å²) in [6.07, 6.45) is 0.974. The molecule has 0 aromatic heterocycles. The first-order valence-corrected chi connectivity index (χ1v) is 3.87. The van der Waals surface area contributed by atoms with Gasteiger partial charge in [0.25, 0.3) is 0 Å². The van der Waals surface area contributed by atoms with Gasteiger partial charge in [0.2, 0.25) is 0 Å². The quantitative estimate of drug-likeness (QED) is 0.551. The van der Waals surface area contributed by atoms with Crippen LogP contribution >= 0.6 is 0 Å². The van der Waals surface area contributed by atoms with Crippen molar-refractivity contribution in [2.45, 2.75) is 20.3 Å². The van der Waals surface area contributed by atoms with Gasteiger partial charge in [-0.05, 0) is 13.5 Å². The van der Waals surface area contributed by atoms with E-state index in [9.17, 15) is 0 Å². The number of nitrogens with one attached hydrogen (secondary N) is 1. The van der Waals surface area contributed by atoms with Gasteiger partial charge in [0.05, 0.1) is 0 Å². The van der Waals surface area contributed by atoms with Crippen LogP contribution in [0.2, 0.25) is 0 Å². The molecule has 1 radical (unpaired) electrons. The molecule has 0 atom stereocenters. The van der Waals surface area contributed by atoms with Crippen molar-refractivity contribution in [1.82, 2.24) is 10.6 Å². The second-order valence-electron chi connectivity index (χ2n) is 2.14. The molecular formula is C8H17N2. The SMILES string of the molecule is C=C(CCNCC)[N]CC. The highest BCUT2D eigenvalue weighted by atomic mass is 14.9. The van der Waals surface area contributed by atoms with E-state index in [0.717, 1.165) is 31.8 Å². The third-order valence-electron chi connectivity index (χ3n) is 1.22. The summed E-state index contributed by atoms with van der Waals surface area (Å²) in [4.78, 5) is 0. The lowest BCUT2D eigenvalue weighted by molar-refractivity contribution is 0.677. The van der Waals surface area contributed by atoms with Crippen molar-refractivity contribution >= 4 is 0 Å². The van der Waals surface area contributed by atoms with E-state index in [1.165, 1.54) is 0 Å². The molecule has 0 aliphatic heterocycles. The normalized spacial score (nSPS) is 9.40. The Balaban J connectivity index is 3.05. The van der Waals surface area contributed by atoms with Crippen LogP contribution in [0, 0.1) is 0 Å². The second-order valence-corrected chi connectivity index (χ2v) is 2.14. The molecule has 0 aliphatic carbocycles. The van der Waals surface area contributed by atoms with Crippen LogP contribution in [0.15, 0.2) is 12.3 Å². The van der Waals surface area contributed by atoms with Crippen molar-refractivity contribution in [3.63, 3.8) is 0 Å². The molecule has 0 amide bonds. The van der Waals surface area contributed by atoms with Crippen LogP contribution in [0.4, 0.5) is 0 Å². The molecule has 0 rings (SSSR count). The largest absolute Gasteiger partial charge is 0.317 e. The third-order valence-corrected chi connectivity index (χ3v) is 1.22. The topological polar surface area (TPSA) is 26.1 Å². The molecule has 0 fully saturated rings. The minimum atomic E-state index is 0.852. The highest BCUT2D eigenvalue weighted by Gasteiger charge is 1.90. The van der Waals surface area contributed by atoms with E-state index >= 15 is 0 Å². The summed E-state index contributed by atoms with van der Waals surface area (Å²) in [6, 6.07) is 0. The summed E-state index contributed by atoms with van der Waals surface area (Å²) < 4.78 is 0. The zero-order chi connectivity index (χ0) is 7.82. The van der Waals surface area contributed by atoms with Gasteiger partial charge in [-0.25, -0.2) is 0 Å². The Morgan fingerprint density at radius 3 is 2.70 bits per heavy atom. The molecule has 0 saturated heterocycles. The van der Waals surface area contributed by atoms with Crippen LogP contribution in [-0.2, 0) is 0 Å². The molecule has 0 bridgehead atoms. The average molecular weight is 141 g/mol. The monoisotopic (exact) mass is 141 g/mol. The number of hydrogen-bond donors (Lipinski definition) is 1. The van der Waals surface area contributed by atoms with Gasteiger partial charge in [0.15, 0.2) is 0 Å². The van der Waals surface area contributed by atoms with Crippen LogP contribution in [0.1, 0.15) is 20.3 Å². The zero-order valence-electron chi connectivity index (χ0n) is 6.98. The van der Waals surface area contributed by atoms with Crippen LogP contribution in [0.5, 0.6) is 0 Å². The molecule has 59 valence electrons. The summed E-state index contributed by atoms with van der Waals surface area (Å²) in [5.74, 6) is 0. The molecule has 0 heterocycles. The molecule has 0 aliphatic rings. The summed E-state index contributed by atoms with van der Waals surface area (Å²) in [5, 5.41) is 7.38. The number of nitrogens with zero attached hydrogens (tertiary/aromatic N) is 1. The van der Waals surface area contributed by atoms with Crippen LogP contribution in [0.3, 0.4) is 0 Å². The second kappa shape index (κ2) is 6.62. The van der Waals surface area contributed by atoms with E-state index in [4.69, 9.17) is 0 Å². The van der Waals surface area contributed by atoms with Gasteiger partial charge in [-0.3, -0.25) is 5.32 Å². The van der Waals surface area contributed by atoms with Gasteiger partial charge in [-0.2, -0.15) is 0 Å². The van der Waals surface area contributed by atoms with Gasteiger partial charge < -0.3 is 5.32 Å². The molecule has 10 heavy (non-hydrogen) atoms. The summed E-state index contributed by atoms with van der Waals surface area (Å²) in [7, 11) is 0. The fraction of sp³-hybridized carbons (Fsp3) is 0.750. The zero-order valence-corrected chi connectivity index (χ0v) is 6.98. The average Bonchev–Trinajstić information content (AvgIpc) is 1.89. The van der Waals surface area contributed by atoms with E-state index in [2.05, 4.69) is 24.1 Å². The maximum absolute atomic E-state index is 4.16. The van der Waals surface area contributed by atoms with Crippen LogP contribution in [0.25, 0.3) is 0 Å². The third kappa shape index (κ3) is 5.63. The standard InChI is InChI=1S/C8H17N2/c1-4-9-7-6-8(3)10-5-2/h9H,3-7H2,1-2H3. The van der Waals surface area contributed by atoms with E-state index in [-0.39, 0.29) is 0 Å². The van der Waals surface area contributed by atoms with Crippen LogP contribution in [-0.4, -0.2) is 19.6 Å². The predicted molar refractivity (Wildman–Crippen MR) is 45.0 cm³/mol. The number of hydrogen-bond acceptors (Lipinski definition) is 1. The minimum absolute atomic E-state index is 0.852. The van der Waals surface area contributed by atoms with Gasteiger partial charge in [0.1, 0.15) is 0 Å². The molecule has 0 spiro atoms. The Kier molecular flexibility index (Phi) is 6.29. The molecule has 0 saturated carbocycles. The maximum Gasteiger partial charge on any atom is 0.0363 e. The molecule has 0 aromatic carbocycles. The lowest BCUT2D eigenvalue weighted by Crippen LogP contribution is -2.16. The Bertz CT molecular complexity index is 89.3. The smallest absolute Gasteiger partial charge is 0.0363 e. The van der Waals surface area contributed by atoms with Crippen molar-refractivity contribution < 1.29 is 0 Å². The Morgan fingerprint density at radius 1 is 1.50 bits per heavy atom. The lowest BCUT2D eigenvalue weighted by atomic mass is 10.3. The molecule has 2 nitrogen and oxygen atoms in total. The van der Waals surface area contributed by atoms with Gasteiger partial charge in [-0.15, -0.1) is 0 Å². The van der Waals surface area contributed by atoms with Crippen molar-refractivity contribution in [3.8, 4) is 0 Å². The Labute approximate surface area is 63.7 Å². The fourth-order valence-corrected chi connectivity index (χ4v) is 0.712. The molecular weight excluding hydrogens is 124 g/mol. The predicted octanol–water partition coefficient (Wildman–Crippen LogP) is 1.12. The summed E-state index contributed by atoms with van der Waals surface area (Å²) >= 11 is 0. The van der Waals surface area contributed by atoms with Crippen molar-refractivity contribution in [2.24, 2.45) is 0 Å². The highest BCUT2D eigenvalue weighted by molar-refractivity contribution is 4.90. The molecule has 1 N–H and O–H groups in total. The summed E-state index contributed by atoms with van der Waals surface area (Å²) in [5.41, 5.74) is 1.00. The summed E-state index contributed by atoms with van der Waals surface area (Å²) in [6.45, 7) is 10.8. The molecule has 2 heteroatoms. The van der Waals surface area contributed by atoms with Crippen molar-refractivity contribution in [1.29, 1.82) is 0 Å². The van der Waals surface area contributed by atoms with E-state index in [1.54, 1.807) is 0 Å². The number of rotatable bonds is 6. The molecule has 0 unspecified atom stereocenters. The van der Waals surface area contributed by atoms with Crippen LogP contribution < -0.4 is 10.6 Å². The Hall–Kier alpha value is -0.500. The first-order valence-electron chi connectivity index (χ1n) is 3.87.